The Labute approximate surface area is 297 Å². The number of ether oxygens (including phenoxy) is 1. The van der Waals surface area contributed by atoms with E-state index in [9.17, 15) is 27.6 Å². The third-order valence-corrected chi connectivity index (χ3v) is 8.85. The lowest BCUT2D eigenvalue weighted by molar-refractivity contribution is -0.137. The average molecular weight is 710 g/mol. The van der Waals surface area contributed by atoms with Gasteiger partial charge in [-0.15, -0.1) is 11.8 Å². The number of carbonyl (C=O) groups excluding carboxylic acids is 3. The van der Waals surface area contributed by atoms with Crippen LogP contribution in [0, 0.1) is 0 Å². The van der Waals surface area contributed by atoms with Crippen LogP contribution in [0.15, 0.2) is 144 Å². The summed E-state index contributed by atoms with van der Waals surface area (Å²) in [5.41, 5.74) is 1.13. The lowest BCUT2D eigenvalue weighted by atomic mass is 10.1. The molecule has 11 heteroatoms. The van der Waals surface area contributed by atoms with Gasteiger partial charge in [-0.3, -0.25) is 14.4 Å². The number of nitrogens with one attached hydrogen (secondary N) is 3. The molecule has 5 aromatic rings. The molecule has 51 heavy (non-hydrogen) atoms. The number of carbonyl (C=O) groups is 3. The molecule has 5 aromatic carbocycles. The largest absolute Gasteiger partial charge is 0.489 e. The summed E-state index contributed by atoms with van der Waals surface area (Å²) in [7, 11) is 0. The lowest BCUT2D eigenvalue weighted by Crippen LogP contribution is -2.30. The first-order valence-corrected chi connectivity index (χ1v) is 16.9. The normalized spacial score (nSPS) is 12.0. The van der Waals surface area contributed by atoms with Gasteiger partial charge in [-0.1, -0.05) is 85.8 Å². The van der Waals surface area contributed by atoms with E-state index in [1.165, 1.54) is 18.2 Å². The number of anilines is 2. The van der Waals surface area contributed by atoms with E-state index in [-0.39, 0.29) is 11.4 Å². The molecule has 0 aliphatic carbocycles. The molecule has 3 amide bonds. The van der Waals surface area contributed by atoms with Crippen molar-refractivity contribution in [3.8, 4) is 5.75 Å². The van der Waals surface area contributed by atoms with Gasteiger partial charge in [-0.05, 0) is 78.2 Å². The van der Waals surface area contributed by atoms with Crippen LogP contribution in [0.1, 0.15) is 40.4 Å². The number of alkyl halides is 3. The average Bonchev–Trinajstić information content (AvgIpc) is 3.14. The Bertz CT molecular complexity index is 1990. The number of amides is 3. The second-order valence-corrected chi connectivity index (χ2v) is 12.5. The first-order chi connectivity index (χ1) is 24.6. The van der Waals surface area contributed by atoms with E-state index < -0.39 is 34.7 Å². The summed E-state index contributed by atoms with van der Waals surface area (Å²) in [6.45, 7) is 2.15. The maximum Gasteiger partial charge on any atom is 0.418 e. The summed E-state index contributed by atoms with van der Waals surface area (Å²) >= 11 is 1.15. The van der Waals surface area contributed by atoms with Crippen LogP contribution in [0.5, 0.6) is 5.75 Å². The SMILES string of the molecule is CCC(Sc1cccc(NC(=O)/C(=C\c2ccc(OCc3ccccc3)cc2)NC(=O)c2ccccc2)c1)C(=O)Nc1ccccc1C(F)(F)F. The fourth-order valence-electron chi connectivity index (χ4n) is 4.89. The van der Waals surface area contributed by atoms with Crippen molar-refractivity contribution in [3.63, 3.8) is 0 Å². The van der Waals surface area contributed by atoms with Gasteiger partial charge in [0.1, 0.15) is 18.1 Å². The highest BCUT2D eigenvalue weighted by atomic mass is 32.2. The predicted octanol–water partition coefficient (Wildman–Crippen LogP) is 9.20. The van der Waals surface area contributed by atoms with Gasteiger partial charge in [0.15, 0.2) is 0 Å². The van der Waals surface area contributed by atoms with Crippen LogP contribution >= 0.6 is 11.8 Å². The maximum atomic E-state index is 13.6. The predicted molar refractivity (Wildman–Crippen MR) is 194 cm³/mol. The molecule has 0 heterocycles. The monoisotopic (exact) mass is 709 g/mol. The fraction of sp³-hybridized carbons (Fsp3) is 0.125. The standard InChI is InChI=1S/C40H34F3N3O4S/c1-2-36(39(49)45-34-19-10-9-18-33(34)40(41,42)43)51-32-17-11-16-30(25-32)44-38(48)35(46-37(47)29-14-7-4-8-15-29)24-27-20-22-31(23-21-27)50-26-28-12-5-3-6-13-28/h3-25,36H,2,26H2,1H3,(H,44,48)(H,45,49)(H,46,47)/b35-24+. The van der Waals surface area contributed by atoms with Crippen LogP contribution < -0.4 is 20.7 Å². The first kappa shape index (κ1) is 36.5. The number of benzene rings is 5. The Morgan fingerprint density at radius 1 is 0.784 bits per heavy atom. The summed E-state index contributed by atoms with van der Waals surface area (Å²) in [6.07, 6.45) is -2.75. The number of halogens is 3. The summed E-state index contributed by atoms with van der Waals surface area (Å²) in [4.78, 5) is 40.4. The Morgan fingerprint density at radius 3 is 2.14 bits per heavy atom. The zero-order chi connectivity index (χ0) is 36.2. The molecule has 5 rings (SSSR count). The lowest BCUT2D eigenvalue weighted by Gasteiger charge is -2.18. The third kappa shape index (κ3) is 10.6. The molecule has 3 N–H and O–H groups in total. The highest BCUT2D eigenvalue weighted by Crippen LogP contribution is 2.35. The molecule has 0 aliphatic rings. The van der Waals surface area contributed by atoms with Gasteiger partial charge in [0, 0.05) is 16.1 Å². The Kier molecular flexibility index (Phi) is 12.3. The van der Waals surface area contributed by atoms with Crippen LogP contribution in [-0.2, 0) is 22.4 Å². The van der Waals surface area contributed by atoms with Crippen LogP contribution in [-0.4, -0.2) is 23.0 Å². The van der Waals surface area contributed by atoms with E-state index in [0.29, 0.717) is 40.5 Å². The summed E-state index contributed by atoms with van der Waals surface area (Å²) < 4.78 is 46.3. The highest BCUT2D eigenvalue weighted by molar-refractivity contribution is 8.00. The van der Waals surface area contributed by atoms with Gasteiger partial charge in [0.25, 0.3) is 11.8 Å². The smallest absolute Gasteiger partial charge is 0.418 e. The minimum Gasteiger partial charge on any atom is -0.489 e. The zero-order valence-corrected chi connectivity index (χ0v) is 28.3. The molecule has 0 bridgehead atoms. The van der Waals surface area contributed by atoms with E-state index in [2.05, 4.69) is 16.0 Å². The van der Waals surface area contributed by atoms with Gasteiger partial charge in [-0.2, -0.15) is 13.2 Å². The molecule has 260 valence electrons. The minimum atomic E-state index is -4.63. The van der Waals surface area contributed by atoms with E-state index in [1.807, 2.05) is 30.3 Å². The van der Waals surface area contributed by atoms with Crippen LogP contribution in [0.2, 0.25) is 0 Å². The van der Waals surface area contributed by atoms with E-state index >= 15 is 0 Å². The van der Waals surface area contributed by atoms with Crippen molar-refractivity contribution in [2.75, 3.05) is 10.6 Å². The minimum absolute atomic E-state index is 0.0194. The van der Waals surface area contributed by atoms with Gasteiger partial charge in [0.2, 0.25) is 5.91 Å². The summed E-state index contributed by atoms with van der Waals surface area (Å²) in [6, 6.07) is 36.8. The van der Waals surface area contributed by atoms with E-state index in [1.54, 1.807) is 91.9 Å². The van der Waals surface area contributed by atoms with Crippen molar-refractivity contribution in [2.24, 2.45) is 0 Å². The van der Waals surface area contributed by atoms with Crippen molar-refractivity contribution in [1.29, 1.82) is 0 Å². The number of para-hydroxylation sites is 1. The molecule has 1 atom stereocenters. The fourth-order valence-corrected chi connectivity index (χ4v) is 5.91. The first-order valence-electron chi connectivity index (χ1n) is 16.0. The van der Waals surface area contributed by atoms with E-state index in [4.69, 9.17) is 4.74 Å². The number of thioether (sulfide) groups is 1. The maximum absolute atomic E-state index is 13.6. The van der Waals surface area contributed by atoms with Crippen molar-refractivity contribution in [2.45, 2.75) is 36.3 Å². The highest BCUT2D eigenvalue weighted by Gasteiger charge is 2.34. The molecule has 0 saturated heterocycles. The number of rotatable bonds is 13. The van der Waals surface area contributed by atoms with Crippen LogP contribution in [0.3, 0.4) is 0 Å². The molecule has 0 aromatic heterocycles. The molecular weight excluding hydrogens is 676 g/mol. The molecule has 0 aliphatic heterocycles. The van der Waals surface area contributed by atoms with Crippen molar-refractivity contribution in [3.05, 3.63) is 161 Å². The zero-order valence-electron chi connectivity index (χ0n) is 27.4. The van der Waals surface area contributed by atoms with Crippen molar-refractivity contribution < 1.29 is 32.3 Å². The molecule has 7 nitrogen and oxygen atoms in total. The second-order valence-electron chi connectivity index (χ2n) is 11.3. The quantitative estimate of drug-likeness (QED) is 0.0837. The van der Waals surface area contributed by atoms with Gasteiger partial charge in [-0.25, -0.2) is 0 Å². The molecule has 1 unspecified atom stereocenters. The second kappa shape index (κ2) is 17.2. The topological polar surface area (TPSA) is 96.5 Å². The van der Waals surface area contributed by atoms with Gasteiger partial charge in [0.05, 0.1) is 16.5 Å². The number of hydrogen-bond acceptors (Lipinski definition) is 5. The van der Waals surface area contributed by atoms with Crippen LogP contribution in [0.25, 0.3) is 6.08 Å². The van der Waals surface area contributed by atoms with Crippen molar-refractivity contribution in [1.82, 2.24) is 5.32 Å². The molecule has 0 radical (unpaired) electrons. The molecule has 0 saturated carbocycles. The van der Waals surface area contributed by atoms with Gasteiger partial charge < -0.3 is 20.7 Å². The van der Waals surface area contributed by atoms with E-state index in [0.717, 1.165) is 23.4 Å². The molecule has 0 spiro atoms. The Hall–Kier alpha value is -5.81. The Balaban J connectivity index is 1.30. The van der Waals surface area contributed by atoms with Gasteiger partial charge >= 0.3 is 6.18 Å². The molecular formula is C40H34F3N3O4S. The van der Waals surface area contributed by atoms with Crippen LogP contribution in [0.4, 0.5) is 24.5 Å². The number of hydrogen-bond donors (Lipinski definition) is 3. The Morgan fingerprint density at radius 2 is 1.45 bits per heavy atom. The summed E-state index contributed by atoms with van der Waals surface area (Å²) in [5, 5.41) is 7.21. The summed E-state index contributed by atoms with van der Waals surface area (Å²) in [5.74, 6) is -1.03. The third-order valence-electron chi connectivity index (χ3n) is 7.49. The molecule has 0 fully saturated rings. The van der Waals surface area contributed by atoms with Crippen molar-refractivity contribution >= 4 is 46.9 Å².